The Morgan fingerprint density at radius 2 is 1.38 bits per heavy atom. The predicted octanol–water partition coefficient (Wildman–Crippen LogP) is 5.69. The fourth-order valence-electron chi connectivity index (χ4n) is 3.59. The van der Waals surface area contributed by atoms with E-state index in [4.69, 9.17) is 0 Å². The first-order valence-corrected chi connectivity index (χ1v) is 15.9. The van der Waals surface area contributed by atoms with Crippen molar-refractivity contribution in [1.29, 1.82) is 0 Å². The molecule has 0 radical (unpaired) electrons. The highest BCUT2D eigenvalue weighted by atomic mass is 32.2. The largest absolute Gasteiger partial charge is 0.503 e. The van der Waals surface area contributed by atoms with Crippen LogP contribution < -0.4 is 0 Å². The van der Waals surface area contributed by atoms with Crippen molar-refractivity contribution in [2.45, 2.75) is 72.4 Å². The van der Waals surface area contributed by atoms with E-state index in [2.05, 4.69) is 4.98 Å². The molecule has 1 unspecified atom stereocenters. The van der Waals surface area contributed by atoms with Gasteiger partial charge in [0.1, 0.15) is 5.82 Å². The van der Waals surface area contributed by atoms with E-state index < -0.39 is 58.9 Å². The number of hydrogen-bond acceptors (Lipinski definition) is 6. The Labute approximate surface area is 211 Å². The van der Waals surface area contributed by atoms with Crippen LogP contribution in [0.5, 0.6) is 0 Å². The molecule has 1 heterocycles. The number of benzene rings is 1. The van der Waals surface area contributed by atoms with Gasteiger partial charge in [0.25, 0.3) is 19.7 Å². The number of aryl methyl sites for hydroxylation is 1. The SMILES string of the molecule is Cn1c(CCCCP(=O)(Cc2ccccc2)C(C)(C)C)nc(S(=O)(=O)C(F)(F)F)c1S(=O)(=O)C(F)(F)F. The molecule has 16 heteroatoms. The monoisotopic (exact) mass is 596 g/mol. The molecule has 0 amide bonds. The zero-order valence-electron chi connectivity index (χ0n) is 20.4. The lowest BCUT2D eigenvalue weighted by Crippen LogP contribution is -2.30. The van der Waals surface area contributed by atoms with Gasteiger partial charge < -0.3 is 9.13 Å². The van der Waals surface area contributed by atoms with E-state index in [1.165, 1.54) is 0 Å². The molecule has 2 rings (SSSR count). The molecule has 0 aliphatic rings. The quantitative estimate of drug-likeness (QED) is 0.209. The molecule has 0 spiro atoms. The third-order valence-electron chi connectivity index (χ3n) is 5.90. The van der Waals surface area contributed by atoms with Crippen LogP contribution in [0.1, 0.15) is 45.0 Å². The summed E-state index contributed by atoms with van der Waals surface area (Å²) in [7, 11) is -15.2. The summed E-state index contributed by atoms with van der Waals surface area (Å²) in [6.07, 6.45) is 0.395. The molecule has 2 aromatic rings. The second kappa shape index (κ2) is 10.4. The van der Waals surface area contributed by atoms with Gasteiger partial charge >= 0.3 is 11.0 Å². The summed E-state index contributed by atoms with van der Waals surface area (Å²) in [5, 5.41) is -4.93. The van der Waals surface area contributed by atoms with Crippen molar-refractivity contribution >= 4 is 26.8 Å². The summed E-state index contributed by atoms with van der Waals surface area (Å²) in [6, 6.07) is 9.03. The fourth-order valence-corrected chi connectivity index (χ4v) is 8.86. The van der Waals surface area contributed by atoms with Crippen LogP contribution in [0.25, 0.3) is 0 Å². The van der Waals surface area contributed by atoms with Crippen molar-refractivity contribution < 1.29 is 47.7 Å². The second-order valence-corrected chi connectivity index (χ2v) is 17.1. The highest BCUT2D eigenvalue weighted by molar-refractivity contribution is 7.95. The van der Waals surface area contributed by atoms with Crippen LogP contribution in [0.3, 0.4) is 0 Å². The van der Waals surface area contributed by atoms with Gasteiger partial charge in [-0.25, -0.2) is 21.8 Å². The van der Waals surface area contributed by atoms with E-state index >= 15 is 0 Å². The van der Waals surface area contributed by atoms with Crippen LogP contribution in [0.4, 0.5) is 26.3 Å². The van der Waals surface area contributed by atoms with Crippen molar-refractivity contribution in [3.63, 3.8) is 0 Å². The first kappa shape index (κ1) is 31.4. The zero-order valence-corrected chi connectivity index (χ0v) is 22.9. The molecule has 0 saturated carbocycles. The minimum Gasteiger partial charge on any atom is -0.323 e. The first-order valence-electron chi connectivity index (χ1n) is 10.9. The van der Waals surface area contributed by atoms with Crippen molar-refractivity contribution in [2.24, 2.45) is 7.05 Å². The normalized spacial score (nSPS) is 15.5. The molecule has 37 heavy (non-hydrogen) atoms. The number of imidazole rings is 1. The lowest BCUT2D eigenvalue weighted by molar-refractivity contribution is -0.0460. The third-order valence-corrected chi connectivity index (χ3v) is 13.4. The summed E-state index contributed by atoms with van der Waals surface area (Å²) in [5.41, 5.74) is -11.3. The number of alkyl halides is 6. The minimum atomic E-state index is -6.52. The maximum Gasteiger partial charge on any atom is 0.503 e. The van der Waals surface area contributed by atoms with Gasteiger partial charge in [0.05, 0.1) is 7.14 Å². The number of halogens is 6. The van der Waals surface area contributed by atoms with Gasteiger partial charge in [0.15, 0.2) is 5.03 Å². The van der Waals surface area contributed by atoms with E-state index in [-0.39, 0.29) is 36.2 Å². The summed E-state index contributed by atoms with van der Waals surface area (Å²) < 4.78 is 141. The second-order valence-electron chi connectivity index (χ2n) is 9.48. The average Bonchev–Trinajstić information content (AvgIpc) is 3.07. The van der Waals surface area contributed by atoms with E-state index in [0.29, 0.717) is 7.05 Å². The minimum absolute atomic E-state index is 0.0523. The molecule has 210 valence electrons. The van der Waals surface area contributed by atoms with Gasteiger partial charge in [0, 0.05) is 30.9 Å². The molecule has 0 fully saturated rings. The molecule has 7 nitrogen and oxygen atoms in total. The molecule has 0 saturated heterocycles. The number of hydrogen-bond donors (Lipinski definition) is 0. The van der Waals surface area contributed by atoms with Crippen molar-refractivity contribution in [3.05, 3.63) is 41.7 Å². The smallest absolute Gasteiger partial charge is 0.323 e. The van der Waals surface area contributed by atoms with E-state index in [1.54, 1.807) is 39.0 Å². The van der Waals surface area contributed by atoms with Crippen LogP contribution in [-0.2, 0) is 43.9 Å². The maximum absolute atomic E-state index is 13.8. The van der Waals surface area contributed by atoms with Crippen LogP contribution in [-0.4, -0.2) is 48.7 Å². The van der Waals surface area contributed by atoms with Gasteiger partial charge in [-0.3, -0.25) is 0 Å². The fraction of sp³-hybridized carbons (Fsp3) is 0.571. The van der Waals surface area contributed by atoms with Crippen LogP contribution in [0, 0.1) is 0 Å². The topological polar surface area (TPSA) is 103 Å². The number of aromatic nitrogens is 2. The number of rotatable bonds is 9. The highest BCUT2D eigenvalue weighted by Gasteiger charge is 2.57. The summed E-state index contributed by atoms with van der Waals surface area (Å²) in [4.78, 5) is 3.18. The molecular weight excluding hydrogens is 569 g/mol. The summed E-state index contributed by atoms with van der Waals surface area (Å²) in [6.45, 7) is 5.41. The molecule has 0 aliphatic carbocycles. The van der Waals surface area contributed by atoms with Crippen molar-refractivity contribution in [1.82, 2.24) is 9.55 Å². The van der Waals surface area contributed by atoms with E-state index in [1.807, 2.05) is 12.1 Å². The number of sulfone groups is 2. The standard InChI is InChI=1S/C21H27F6N2O5PS2/c1-19(2,3)35(30,14-15-10-6-5-7-11-15)13-9-8-12-16-28-17(36(31,32)20(22,23)24)18(29(16)4)37(33,34)21(25,26)27/h5-7,10-11H,8-9,12-14H2,1-4H3. The lowest BCUT2D eigenvalue weighted by atomic mass is 10.2. The number of nitrogens with zero attached hydrogens (tertiary/aromatic N) is 2. The van der Waals surface area contributed by atoms with Crippen molar-refractivity contribution in [3.8, 4) is 0 Å². The Balaban J connectivity index is 2.38. The van der Waals surface area contributed by atoms with E-state index in [0.717, 1.165) is 5.56 Å². The average molecular weight is 597 g/mol. The molecule has 1 atom stereocenters. The van der Waals surface area contributed by atoms with Crippen LogP contribution in [0.2, 0.25) is 0 Å². The zero-order chi connectivity index (χ0) is 28.7. The molecule has 0 aliphatic heterocycles. The van der Waals surface area contributed by atoms with Crippen LogP contribution in [0.15, 0.2) is 40.4 Å². The Hall–Kier alpha value is -1.86. The first-order chi connectivity index (χ1) is 16.6. The highest BCUT2D eigenvalue weighted by Crippen LogP contribution is 2.60. The van der Waals surface area contributed by atoms with Gasteiger partial charge in [-0.1, -0.05) is 51.1 Å². The van der Waals surface area contributed by atoms with E-state index in [9.17, 15) is 47.7 Å². The van der Waals surface area contributed by atoms with Gasteiger partial charge in [0.2, 0.25) is 5.03 Å². The van der Waals surface area contributed by atoms with Crippen molar-refractivity contribution in [2.75, 3.05) is 6.16 Å². The van der Waals surface area contributed by atoms with Gasteiger partial charge in [-0.2, -0.15) is 26.3 Å². The Kier molecular flexibility index (Phi) is 8.79. The predicted molar refractivity (Wildman–Crippen MR) is 125 cm³/mol. The van der Waals surface area contributed by atoms with Gasteiger partial charge in [-0.05, 0) is 18.4 Å². The maximum atomic E-state index is 13.8. The molecule has 1 aromatic carbocycles. The Morgan fingerprint density at radius 3 is 1.84 bits per heavy atom. The van der Waals surface area contributed by atoms with Crippen LogP contribution >= 0.6 is 7.14 Å². The molecule has 0 bridgehead atoms. The molecule has 1 aromatic heterocycles. The van der Waals surface area contributed by atoms with Gasteiger partial charge in [-0.15, -0.1) is 0 Å². The summed E-state index contributed by atoms with van der Waals surface area (Å²) in [5.74, 6) is -0.598. The third kappa shape index (κ3) is 6.42. The number of unbranched alkanes of at least 4 members (excludes halogenated alkanes) is 1. The molecule has 0 N–H and O–H groups in total. The Morgan fingerprint density at radius 1 is 0.865 bits per heavy atom. The summed E-state index contributed by atoms with van der Waals surface area (Å²) >= 11 is 0. The lowest BCUT2D eigenvalue weighted by Gasteiger charge is -2.32. The molecular formula is C21H27F6N2O5PS2. The Bertz CT molecular complexity index is 1380.